The number of hydrogen-bond acceptors (Lipinski definition) is 0. The zero-order valence-corrected chi connectivity index (χ0v) is 14.4. The summed E-state index contributed by atoms with van der Waals surface area (Å²) in [6, 6.07) is 0. The van der Waals surface area contributed by atoms with Gasteiger partial charge in [-0.15, -0.1) is 0 Å². The van der Waals surface area contributed by atoms with E-state index in [0.717, 1.165) is 53.3 Å². The lowest BCUT2D eigenvalue weighted by molar-refractivity contribution is 0.120. The van der Waals surface area contributed by atoms with E-state index in [1.54, 1.807) is 12.8 Å². The molecule has 116 valence electrons. The normalized spacial score (nSPS) is 56.5. The van der Waals surface area contributed by atoms with Gasteiger partial charge in [-0.2, -0.15) is 0 Å². The van der Waals surface area contributed by atoms with E-state index in [9.17, 15) is 0 Å². The Morgan fingerprint density at radius 2 is 1.35 bits per heavy atom. The smallest absolute Gasteiger partial charge is 0.0321 e. The Bertz CT molecular complexity index is 333. The molecule has 3 aliphatic carbocycles. The Morgan fingerprint density at radius 3 is 2.00 bits per heavy atom. The van der Waals surface area contributed by atoms with Crippen LogP contribution in [0.2, 0.25) is 0 Å². The van der Waals surface area contributed by atoms with Gasteiger partial charge < -0.3 is 0 Å². The van der Waals surface area contributed by atoms with Crippen molar-refractivity contribution in [2.75, 3.05) is 0 Å². The molecular formula is C20H36. The van der Waals surface area contributed by atoms with Crippen LogP contribution in [0.25, 0.3) is 0 Å². The van der Waals surface area contributed by atoms with Gasteiger partial charge in [0.1, 0.15) is 0 Å². The molecule has 3 saturated carbocycles. The van der Waals surface area contributed by atoms with Crippen molar-refractivity contribution in [2.24, 2.45) is 53.3 Å². The summed E-state index contributed by atoms with van der Waals surface area (Å²) in [6.07, 6.45) is 9.15. The topological polar surface area (TPSA) is 0 Å². The number of hydrogen-bond donors (Lipinski definition) is 0. The molecule has 0 aromatic carbocycles. The predicted molar refractivity (Wildman–Crippen MR) is 87.5 cm³/mol. The first-order chi connectivity index (χ1) is 9.50. The standard InChI is InChI=1S/C20H36/c1-12-9-10-17(11-12)18-8-6-7-13(2)19-15(4)14(3)16(5)20(18)19/h12-20H,6-11H2,1-5H3. The summed E-state index contributed by atoms with van der Waals surface area (Å²) < 4.78 is 0. The lowest BCUT2D eigenvalue weighted by Crippen LogP contribution is -2.30. The van der Waals surface area contributed by atoms with Crippen LogP contribution in [0.5, 0.6) is 0 Å². The molecule has 0 amide bonds. The van der Waals surface area contributed by atoms with Gasteiger partial charge >= 0.3 is 0 Å². The molecule has 0 N–H and O–H groups in total. The highest BCUT2D eigenvalue weighted by Crippen LogP contribution is 2.58. The Morgan fingerprint density at radius 1 is 0.650 bits per heavy atom. The third-order valence-electron chi connectivity index (χ3n) is 8.01. The van der Waals surface area contributed by atoms with Crippen molar-refractivity contribution in [1.82, 2.24) is 0 Å². The molecule has 0 spiro atoms. The minimum atomic E-state index is 0.951. The van der Waals surface area contributed by atoms with Crippen molar-refractivity contribution in [2.45, 2.75) is 73.1 Å². The molecule has 0 radical (unpaired) electrons. The maximum absolute atomic E-state index is 2.59. The van der Waals surface area contributed by atoms with Gasteiger partial charge in [0.25, 0.3) is 0 Å². The Kier molecular flexibility index (Phi) is 4.22. The molecule has 3 fully saturated rings. The van der Waals surface area contributed by atoms with Crippen molar-refractivity contribution in [3.63, 3.8) is 0 Å². The van der Waals surface area contributed by atoms with E-state index >= 15 is 0 Å². The second-order valence-electron chi connectivity index (χ2n) is 8.98. The molecule has 9 unspecified atom stereocenters. The van der Waals surface area contributed by atoms with Crippen LogP contribution in [-0.4, -0.2) is 0 Å². The highest BCUT2D eigenvalue weighted by atomic mass is 14.6. The highest BCUT2D eigenvalue weighted by molar-refractivity contribution is 5.00. The Labute approximate surface area is 127 Å². The van der Waals surface area contributed by atoms with Crippen LogP contribution in [0.3, 0.4) is 0 Å². The number of fused-ring (bicyclic) bond motifs is 1. The van der Waals surface area contributed by atoms with Gasteiger partial charge in [0, 0.05) is 0 Å². The molecule has 3 rings (SSSR count). The first kappa shape index (κ1) is 14.9. The third kappa shape index (κ3) is 2.35. The molecule has 0 aliphatic heterocycles. The summed E-state index contributed by atoms with van der Waals surface area (Å²) in [4.78, 5) is 0. The van der Waals surface area contributed by atoms with E-state index in [-0.39, 0.29) is 0 Å². The molecular weight excluding hydrogens is 240 g/mol. The van der Waals surface area contributed by atoms with Crippen molar-refractivity contribution in [3.8, 4) is 0 Å². The molecule has 0 heteroatoms. The van der Waals surface area contributed by atoms with Crippen molar-refractivity contribution >= 4 is 0 Å². The molecule has 0 aromatic rings. The molecule has 0 nitrogen and oxygen atoms in total. The van der Waals surface area contributed by atoms with E-state index in [2.05, 4.69) is 34.6 Å². The largest absolute Gasteiger partial charge is 0.0625 e. The van der Waals surface area contributed by atoms with Gasteiger partial charge in [0.15, 0.2) is 0 Å². The van der Waals surface area contributed by atoms with Crippen LogP contribution in [0.1, 0.15) is 73.1 Å². The summed E-state index contributed by atoms with van der Waals surface area (Å²) >= 11 is 0. The zero-order valence-electron chi connectivity index (χ0n) is 14.4. The van der Waals surface area contributed by atoms with E-state index < -0.39 is 0 Å². The molecule has 3 aliphatic rings. The lowest BCUT2D eigenvalue weighted by atomic mass is 9.69. The monoisotopic (exact) mass is 276 g/mol. The Hall–Kier alpha value is 0. The third-order valence-corrected chi connectivity index (χ3v) is 8.01. The van der Waals surface area contributed by atoms with Crippen LogP contribution < -0.4 is 0 Å². The first-order valence-corrected chi connectivity index (χ1v) is 9.50. The second-order valence-corrected chi connectivity index (χ2v) is 8.98. The second kappa shape index (κ2) is 5.65. The van der Waals surface area contributed by atoms with Crippen LogP contribution in [0.4, 0.5) is 0 Å². The van der Waals surface area contributed by atoms with E-state index in [4.69, 9.17) is 0 Å². The summed E-state index contributed by atoms with van der Waals surface area (Å²) in [6.45, 7) is 12.8. The molecule has 0 bridgehead atoms. The summed E-state index contributed by atoms with van der Waals surface area (Å²) in [5.41, 5.74) is 0. The molecule has 0 saturated heterocycles. The fourth-order valence-corrected chi connectivity index (χ4v) is 6.70. The van der Waals surface area contributed by atoms with Crippen LogP contribution in [-0.2, 0) is 0 Å². The molecule has 9 atom stereocenters. The van der Waals surface area contributed by atoms with Gasteiger partial charge in [0.2, 0.25) is 0 Å². The molecule has 0 heterocycles. The average Bonchev–Trinajstić information content (AvgIpc) is 2.86. The minimum Gasteiger partial charge on any atom is -0.0625 e. The predicted octanol–water partition coefficient (Wildman–Crippen LogP) is 6.01. The fourth-order valence-electron chi connectivity index (χ4n) is 6.70. The summed E-state index contributed by atoms with van der Waals surface area (Å²) in [7, 11) is 0. The van der Waals surface area contributed by atoms with Gasteiger partial charge in [-0.3, -0.25) is 0 Å². The van der Waals surface area contributed by atoms with Crippen molar-refractivity contribution in [3.05, 3.63) is 0 Å². The highest BCUT2D eigenvalue weighted by Gasteiger charge is 2.51. The van der Waals surface area contributed by atoms with E-state index in [0.29, 0.717) is 0 Å². The minimum absolute atomic E-state index is 0.951. The van der Waals surface area contributed by atoms with Crippen LogP contribution in [0, 0.1) is 53.3 Å². The van der Waals surface area contributed by atoms with E-state index in [1.165, 1.54) is 25.7 Å². The quantitative estimate of drug-likeness (QED) is 0.550. The van der Waals surface area contributed by atoms with Gasteiger partial charge in [-0.05, 0) is 72.5 Å². The number of rotatable bonds is 1. The molecule has 0 aromatic heterocycles. The summed E-state index contributed by atoms with van der Waals surface area (Å²) in [5, 5.41) is 0. The van der Waals surface area contributed by atoms with Gasteiger partial charge in [-0.25, -0.2) is 0 Å². The van der Waals surface area contributed by atoms with Crippen LogP contribution in [0.15, 0.2) is 0 Å². The molecule has 20 heavy (non-hydrogen) atoms. The van der Waals surface area contributed by atoms with Crippen molar-refractivity contribution < 1.29 is 0 Å². The van der Waals surface area contributed by atoms with E-state index in [1.807, 2.05) is 0 Å². The fraction of sp³-hybridized carbons (Fsp3) is 1.00. The van der Waals surface area contributed by atoms with Gasteiger partial charge in [-0.1, -0.05) is 53.9 Å². The van der Waals surface area contributed by atoms with Crippen LogP contribution >= 0.6 is 0 Å². The first-order valence-electron chi connectivity index (χ1n) is 9.50. The Balaban J connectivity index is 1.86. The average molecular weight is 277 g/mol. The van der Waals surface area contributed by atoms with Gasteiger partial charge in [0.05, 0.1) is 0 Å². The van der Waals surface area contributed by atoms with Crippen molar-refractivity contribution in [1.29, 1.82) is 0 Å². The lowest BCUT2D eigenvalue weighted by Gasteiger charge is -2.36. The maximum atomic E-state index is 2.59. The zero-order chi connectivity index (χ0) is 14.4. The SMILES string of the molecule is CC1CCC(C2CCCC(C)C3C(C)C(C)C(C)C23)C1. The maximum Gasteiger partial charge on any atom is -0.0321 e. The summed E-state index contributed by atoms with van der Waals surface area (Å²) in [5.74, 6) is 9.08.